The molecule has 2 heteroatoms. The molecule has 3 unspecified atom stereocenters. The van der Waals surface area contributed by atoms with Crippen molar-refractivity contribution < 1.29 is 4.74 Å². The van der Waals surface area contributed by atoms with Crippen LogP contribution in [0.1, 0.15) is 20.3 Å². The fourth-order valence-corrected chi connectivity index (χ4v) is 1.34. The lowest BCUT2D eigenvalue weighted by Gasteiger charge is -2.40. The third-order valence-corrected chi connectivity index (χ3v) is 2.44. The molecule has 0 aliphatic carbocycles. The van der Waals surface area contributed by atoms with Crippen molar-refractivity contribution in [3.05, 3.63) is 0 Å². The van der Waals surface area contributed by atoms with Crippen molar-refractivity contribution in [2.24, 2.45) is 5.92 Å². The molecule has 1 fully saturated rings. The van der Waals surface area contributed by atoms with Gasteiger partial charge in [-0.1, -0.05) is 20.3 Å². The lowest BCUT2D eigenvalue weighted by atomic mass is 9.92. The zero-order valence-corrected chi connectivity index (χ0v) is 7.05. The van der Waals surface area contributed by atoms with Gasteiger partial charge in [0.05, 0.1) is 18.8 Å². The molecule has 1 N–H and O–H groups in total. The largest absolute Gasteiger partial charge is 0.375 e. The molecule has 0 aromatic rings. The van der Waals surface area contributed by atoms with E-state index in [0.717, 1.165) is 6.61 Å². The number of hydrogen-bond acceptors (Lipinski definition) is 2. The summed E-state index contributed by atoms with van der Waals surface area (Å²) in [6.07, 6.45) is 1.68. The summed E-state index contributed by atoms with van der Waals surface area (Å²) in [5.74, 6) is 0.700. The minimum Gasteiger partial charge on any atom is -0.375 e. The van der Waals surface area contributed by atoms with Crippen LogP contribution in [0.15, 0.2) is 0 Å². The fourth-order valence-electron chi connectivity index (χ4n) is 1.34. The molecule has 0 spiro atoms. The standard InChI is InChI=1S/C8H17NO/c1-4-6(2)8-7(9-3)5-10-8/h6-9H,4-5H2,1-3H3. The average Bonchev–Trinajstić information content (AvgIpc) is 1.86. The Morgan fingerprint density at radius 2 is 2.40 bits per heavy atom. The van der Waals surface area contributed by atoms with Crippen LogP contribution in [0.5, 0.6) is 0 Å². The van der Waals surface area contributed by atoms with E-state index in [1.807, 2.05) is 7.05 Å². The molecule has 1 aliphatic heterocycles. The summed E-state index contributed by atoms with van der Waals surface area (Å²) < 4.78 is 5.42. The van der Waals surface area contributed by atoms with Crippen LogP contribution in [0.3, 0.4) is 0 Å². The summed E-state index contributed by atoms with van der Waals surface area (Å²) in [5, 5.41) is 3.24. The van der Waals surface area contributed by atoms with E-state index in [1.54, 1.807) is 0 Å². The van der Waals surface area contributed by atoms with Gasteiger partial charge in [-0.15, -0.1) is 0 Å². The van der Waals surface area contributed by atoms with Gasteiger partial charge in [-0.2, -0.15) is 0 Å². The SMILES string of the molecule is CCC(C)C1OCC1NC. The quantitative estimate of drug-likeness (QED) is 0.637. The molecule has 1 saturated heterocycles. The molecule has 0 saturated carbocycles. The van der Waals surface area contributed by atoms with Crippen molar-refractivity contribution in [3.8, 4) is 0 Å². The minimum atomic E-state index is 0.468. The summed E-state index contributed by atoms with van der Waals surface area (Å²) >= 11 is 0. The summed E-state index contributed by atoms with van der Waals surface area (Å²) in [6.45, 7) is 5.35. The van der Waals surface area contributed by atoms with Crippen LogP contribution >= 0.6 is 0 Å². The van der Waals surface area contributed by atoms with Crippen LogP contribution in [-0.2, 0) is 4.74 Å². The second-order valence-electron chi connectivity index (χ2n) is 3.08. The molecule has 0 bridgehead atoms. The molecule has 1 aliphatic rings. The van der Waals surface area contributed by atoms with Gasteiger partial charge in [0.15, 0.2) is 0 Å². The molecule has 1 rings (SSSR count). The smallest absolute Gasteiger partial charge is 0.0776 e. The fraction of sp³-hybridized carbons (Fsp3) is 1.00. The third-order valence-electron chi connectivity index (χ3n) is 2.44. The summed E-state index contributed by atoms with van der Waals surface area (Å²) in [4.78, 5) is 0. The third kappa shape index (κ3) is 1.32. The molecule has 0 aromatic heterocycles. The molecule has 10 heavy (non-hydrogen) atoms. The normalized spacial score (nSPS) is 35.1. The highest BCUT2D eigenvalue weighted by Gasteiger charge is 2.33. The first-order valence-corrected chi connectivity index (χ1v) is 4.08. The second kappa shape index (κ2) is 3.35. The van der Waals surface area contributed by atoms with Gasteiger partial charge < -0.3 is 10.1 Å². The Morgan fingerprint density at radius 3 is 2.70 bits per heavy atom. The van der Waals surface area contributed by atoms with Gasteiger partial charge in [0.1, 0.15) is 0 Å². The lowest BCUT2D eigenvalue weighted by molar-refractivity contribution is -0.112. The van der Waals surface area contributed by atoms with Crippen molar-refractivity contribution in [2.45, 2.75) is 32.4 Å². The molecular weight excluding hydrogens is 126 g/mol. The highest BCUT2D eigenvalue weighted by Crippen LogP contribution is 2.22. The molecule has 0 radical (unpaired) electrons. The second-order valence-corrected chi connectivity index (χ2v) is 3.08. The van der Waals surface area contributed by atoms with E-state index >= 15 is 0 Å². The van der Waals surface area contributed by atoms with Gasteiger partial charge in [0.25, 0.3) is 0 Å². The van der Waals surface area contributed by atoms with Gasteiger partial charge in [0.2, 0.25) is 0 Å². The zero-order valence-electron chi connectivity index (χ0n) is 7.05. The van der Waals surface area contributed by atoms with Gasteiger partial charge in [-0.05, 0) is 13.0 Å². The monoisotopic (exact) mass is 143 g/mol. The summed E-state index contributed by atoms with van der Waals surface area (Å²) in [6, 6.07) is 0.606. The van der Waals surface area contributed by atoms with Gasteiger partial charge in [-0.3, -0.25) is 0 Å². The Balaban J connectivity index is 2.27. The topological polar surface area (TPSA) is 21.3 Å². The number of ether oxygens (including phenoxy) is 1. The highest BCUT2D eigenvalue weighted by atomic mass is 16.5. The van der Waals surface area contributed by atoms with Crippen LogP contribution in [0.4, 0.5) is 0 Å². The van der Waals surface area contributed by atoms with Crippen LogP contribution in [0, 0.1) is 5.92 Å². The Kier molecular flexibility index (Phi) is 2.69. The minimum absolute atomic E-state index is 0.468. The first-order valence-electron chi connectivity index (χ1n) is 4.08. The molecule has 2 nitrogen and oxygen atoms in total. The molecule has 0 aromatic carbocycles. The Labute approximate surface area is 63.0 Å². The molecule has 3 atom stereocenters. The van der Waals surface area contributed by atoms with E-state index in [0.29, 0.717) is 18.1 Å². The van der Waals surface area contributed by atoms with Crippen molar-refractivity contribution >= 4 is 0 Å². The van der Waals surface area contributed by atoms with Gasteiger partial charge in [-0.25, -0.2) is 0 Å². The van der Waals surface area contributed by atoms with E-state index in [2.05, 4.69) is 19.2 Å². The number of likely N-dealkylation sites (N-methyl/N-ethyl adjacent to an activating group) is 1. The van der Waals surface area contributed by atoms with Crippen molar-refractivity contribution in [1.82, 2.24) is 5.32 Å². The predicted molar refractivity (Wildman–Crippen MR) is 42.0 cm³/mol. The molecule has 60 valence electrons. The summed E-state index contributed by atoms with van der Waals surface area (Å²) in [5.41, 5.74) is 0. The van der Waals surface area contributed by atoms with Crippen LogP contribution < -0.4 is 5.32 Å². The van der Waals surface area contributed by atoms with Crippen LogP contribution in [-0.4, -0.2) is 25.8 Å². The van der Waals surface area contributed by atoms with Crippen LogP contribution in [0.2, 0.25) is 0 Å². The lowest BCUT2D eigenvalue weighted by Crippen LogP contribution is -2.55. The number of hydrogen-bond donors (Lipinski definition) is 1. The van der Waals surface area contributed by atoms with Gasteiger partial charge >= 0.3 is 0 Å². The van der Waals surface area contributed by atoms with Crippen LogP contribution in [0.25, 0.3) is 0 Å². The van der Waals surface area contributed by atoms with E-state index in [-0.39, 0.29) is 0 Å². The van der Waals surface area contributed by atoms with E-state index in [4.69, 9.17) is 4.74 Å². The van der Waals surface area contributed by atoms with E-state index in [9.17, 15) is 0 Å². The van der Waals surface area contributed by atoms with Gasteiger partial charge in [0, 0.05) is 0 Å². The first-order chi connectivity index (χ1) is 4.79. The molecule has 0 amide bonds. The van der Waals surface area contributed by atoms with Crippen molar-refractivity contribution in [1.29, 1.82) is 0 Å². The Bertz CT molecular complexity index is 96.7. The predicted octanol–water partition coefficient (Wildman–Crippen LogP) is 1.02. The number of nitrogens with one attached hydrogen (secondary N) is 1. The van der Waals surface area contributed by atoms with E-state index < -0.39 is 0 Å². The Morgan fingerprint density at radius 1 is 1.70 bits per heavy atom. The molecule has 1 heterocycles. The zero-order chi connectivity index (χ0) is 7.56. The maximum Gasteiger partial charge on any atom is 0.0776 e. The van der Waals surface area contributed by atoms with Crippen molar-refractivity contribution in [2.75, 3.05) is 13.7 Å². The number of rotatable bonds is 3. The Hall–Kier alpha value is -0.0800. The maximum absolute atomic E-state index is 5.42. The van der Waals surface area contributed by atoms with E-state index in [1.165, 1.54) is 6.42 Å². The summed E-state index contributed by atoms with van der Waals surface area (Å²) in [7, 11) is 2.00. The highest BCUT2D eigenvalue weighted by molar-refractivity contribution is 4.86. The van der Waals surface area contributed by atoms with Crippen molar-refractivity contribution in [3.63, 3.8) is 0 Å². The average molecular weight is 143 g/mol. The first kappa shape index (κ1) is 8.02. The maximum atomic E-state index is 5.42. The molecular formula is C8H17NO.